The highest BCUT2D eigenvalue weighted by Gasteiger charge is 2.42. The molecule has 7 heteroatoms. The maximum atomic E-state index is 12.0. The molecule has 0 unspecified atom stereocenters. The lowest BCUT2D eigenvalue weighted by Crippen LogP contribution is -2.01. The van der Waals surface area contributed by atoms with E-state index >= 15 is 0 Å². The van der Waals surface area contributed by atoms with E-state index in [1.54, 1.807) is 0 Å². The van der Waals surface area contributed by atoms with E-state index in [2.05, 4.69) is 31.9 Å². The first-order valence-corrected chi connectivity index (χ1v) is 4.57. The van der Waals surface area contributed by atoms with Crippen LogP contribution >= 0.6 is 39.5 Å². The van der Waals surface area contributed by atoms with E-state index in [0.717, 1.165) is 0 Å². The summed E-state index contributed by atoms with van der Waals surface area (Å²) in [5.41, 5.74) is 0. The van der Waals surface area contributed by atoms with Crippen LogP contribution < -0.4 is 0 Å². The minimum absolute atomic E-state index is 2.09. The molecule has 0 fully saturated rings. The van der Waals surface area contributed by atoms with Gasteiger partial charge in [-0.25, -0.2) is 4.39 Å². The topological polar surface area (TPSA) is 57.5 Å². The Morgan fingerprint density at radius 2 is 1.62 bits per heavy atom. The molecule has 0 aromatic carbocycles. The lowest BCUT2D eigenvalue weighted by Gasteiger charge is -2.10. The van der Waals surface area contributed by atoms with Gasteiger partial charge in [0.1, 0.15) is 0 Å². The Bertz CT molecular complexity index is 124. The third-order valence-corrected chi connectivity index (χ3v) is 3.76. The van der Waals surface area contributed by atoms with Crippen LogP contribution in [0.3, 0.4) is 0 Å². The number of rotatable bonds is 1. The quantitative estimate of drug-likeness (QED) is 0.562. The molecule has 2 N–H and O–H groups in total. The fourth-order valence-electron chi connectivity index (χ4n) is 0. The van der Waals surface area contributed by atoms with Crippen LogP contribution in [-0.4, -0.2) is 13.0 Å². The number of halogens is 3. The predicted octanol–water partition coefficient (Wildman–Crippen LogP) is 1.53. The molecule has 3 nitrogen and oxygen atoms in total. The molecule has 0 heterocycles. The summed E-state index contributed by atoms with van der Waals surface area (Å²) in [6.45, 7) is 0. The van der Waals surface area contributed by atoms with E-state index in [-0.39, 0.29) is 0 Å². The minimum atomic E-state index is -4.68. The molecule has 0 aliphatic carbocycles. The normalized spacial score (nSPS) is 14.1. The van der Waals surface area contributed by atoms with E-state index in [1.807, 2.05) is 0 Å². The Morgan fingerprint density at radius 1 is 1.50 bits per heavy atom. The molecule has 0 aromatic heterocycles. The van der Waals surface area contributed by atoms with Crippen LogP contribution in [-0.2, 0) is 4.57 Å². The molecule has 0 aliphatic rings. The monoisotopic (exact) mass is 270 g/mol. The van der Waals surface area contributed by atoms with E-state index in [1.165, 1.54) is 0 Å². The molecular formula is CH2Br2FO3P. The molecule has 0 spiro atoms. The van der Waals surface area contributed by atoms with Gasteiger partial charge in [-0.15, -0.1) is 0 Å². The number of hydrogen-bond donors (Lipinski definition) is 2. The fraction of sp³-hybridized carbons (Fsp3) is 1.00. The van der Waals surface area contributed by atoms with Crippen LogP contribution in [0.1, 0.15) is 0 Å². The highest BCUT2D eigenvalue weighted by molar-refractivity contribution is 9.27. The summed E-state index contributed by atoms with van der Waals surface area (Å²) in [4.78, 5) is 16.0. The molecule has 0 rings (SSSR count). The van der Waals surface area contributed by atoms with Gasteiger partial charge in [0, 0.05) is 0 Å². The largest absolute Gasteiger partial charge is 0.384 e. The summed E-state index contributed by atoms with van der Waals surface area (Å²) in [5, 5.41) is 0. The maximum absolute atomic E-state index is 12.0. The molecule has 0 radical (unpaired) electrons. The van der Waals surface area contributed by atoms with Gasteiger partial charge in [0.25, 0.3) is 0 Å². The maximum Gasteiger partial charge on any atom is 0.384 e. The third kappa shape index (κ3) is 2.55. The SMILES string of the molecule is O=P(O)(O)C(F)(Br)Br. The van der Waals surface area contributed by atoms with E-state index in [0.29, 0.717) is 0 Å². The fourth-order valence-corrected chi connectivity index (χ4v) is 0. The molecule has 0 aliphatic heterocycles. The van der Waals surface area contributed by atoms with Gasteiger partial charge in [-0.3, -0.25) is 4.57 Å². The first-order valence-electron chi connectivity index (χ1n) is 1.37. The van der Waals surface area contributed by atoms with Crippen LogP contribution in [0.5, 0.6) is 0 Å². The molecule has 8 heavy (non-hydrogen) atoms. The summed E-state index contributed by atoms with van der Waals surface area (Å²) in [5.74, 6) is 0. The number of hydrogen-bond acceptors (Lipinski definition) is 1. The molecule has 0 atom stereocenters. The van der Waals surface area contributed by atoms with Crippen molar-refractivity contribution in [1.29, 1.82) is 0 Å². The summed E-state index contributed by atoms with van der Waals surface area (Å²) in [7, 11) is -4.68. The third-order valence-electron chi connectivity index (χ3n) is 0.330. The Kier molecular flexibility index (Phi) is 2.65. The van der Waals surface area contributed by atoms with Crippen molar-refractivity contribution in [2.24, 2.45) is 0 Å². The van der Waals surface area contributed by atoms with Gasteiger partial charge >= 0.3 is 10.8 Å². The van der Waals surface area contributed by atoms with Gasteiger partial charge in [0.05, 0.1) is 0 Å². The second kappa shape index (κ2) is 2.34. The van der Waals surface area contributed by atoms with Crippen molar-refractivity contribution in [2.45, 2.75) is 3.23 Å². The van der Waals surface area contributed by atoms with E-state index in [4.69, 9.17) is 9.79 Å². The van der Waals surface area contributed by atoms with Crippen molar-refractivity contribution >= 4 is 39.5 Å². The molecule has 0 bridgehead atoms. The van der Waals surface area contributed by atoms with E-state index < -0.39 is 10.8 Å². The Balaban J connectivity index is 4.26. The lowest BCUT2D eigenvalue weighted by atomic mass is 11.8. The Morgan fingerprint density at radius 3 is 1.62 bits per heavy atom. The zero-order valence-electron chi connectivity index (χ0n) is 3.38. The van der Waals surface area contributed by atoms with Crippen molar-refractivity contribution in [1.82, 2.24) is 0 Å². The van der Waals surface area contributed by atoms with Crippen molar-refractivity contribution in [3.8, 4) is 0 Å². The second-order valence-electron chi connectivity index (χ2n) is 1.01. The molecular weight excluding hydrogens is 270 g/mol. The first kappa shape index (κ1) is 9.04. The summed E-state index contributed by atoms with van der Waals surface area (Å²) in [6, 6.07) is 0. The Labute approximate surface area is 61.7 Å². The van der Waals surface area contributed by atoms with Crippen molar-refractivity contribution in [2.75, 3.05) is 0 Å². The van der Waals surface area contributed by atoms with Crippen molar-refractivity contribution in [3.05, 3.63) is 0 Å². The smallest absolute Gasteiger partial charge is 0.321 e. The predicted molar refractivity (Wildman–Crippen MR) is 33.7 cm³/mol. The average Bonchev–Trinajstić information content (AvgIpc) is 1.25. The summed E-state index contributed by atoms with van der Waals surface area (Å²) >= 11 is 4.17. The first-order chi connectivity index (χ1) is 3.25. The van der Waals surface area contributed by atoms with Gasteiger partial charge in [0.15, 0.2) is 0 Å². The minimum Gasteiger partial charge on any atom is -0.321 e. The van der Waals surface area contributed by atoms with Crippen LogP contribution in [0, 0.1) is 0 Å². The van der Waals surface area contributed by atoms with Crippen LogP contribution in [0.2, 0.25) is 0 Å². The lowest BCUT2D eigenvalue weighted by molar-refractivity contribution is 0.332. The molecule has 0 amide bonds. The van der Waals surface area contributed by atoms with Gasteiger partial charge in [-0.1, -0.05) is 0 Å². The standard InChI is InChI=1S/CH2Br2FO3P/c2-1(3,4)8(5,6)7/h(H2,5,6,7). The highest BCUT2D eigenvalue weighted by atomic mass is 79.9. The van der Waals surface area contributed by atoms with Crippen molar-refractivity contribution in [3.63, 3.8) is 0 Å². The average molecular weight is 272 g/mol. The zero-order chi connectivity index (χ0) is 7.00. The van der Waals surface area contributed by atoms with Gasteiger partial charge < -0.3 is 9.79 Å². The second-order valence-corrected chi connectivity index (χ2v) is 7.19. The molecule has 50 valence electrons. The zero-order valence-corrected chi connectivity index (χ0v) is 7.45. The van der Waals surface area contributed by atoms with Gasteiger partial charge in [-0.2, -0.15) is 0 Å². The Hall–Kier alpha value is 1.04. The van der Waals surface area contributed by atoms with E-state index in [9.17, 15) is 8.96 Å². The molecule has 0 aromatic rings. The summed E-state index contributed by atoms with van der Waals surface area (Å²) in [6.07, 6.45) is 0. The van der Waals surface area contributed by atoms with Crippen molar-refractivity contribution < 1.29 is 18.7 Å². The van der Waals surface area contributed by atoms with Crippen LogP contribution in [0.25, 0.3) is 0 Å². The number of alkyl halides is 3. The molecule has 0 saturated heterocycles. The van der Waals surface area contributed by atoms with Crippen LogP contribution in [0.4, 0.5) is 4.39 Å². The summed E-state index contributed by atoms with van der Waals surface area (Å²) < 4.78 is 19.1. The molecule has 0 saturated carbocycles. The van der Waals surface area contributed by atoms with Crippen LogP contribution in [0.15, 0.2) is 0 Å². The highest BCUT2D eigenvalue weighted by Crippen LogP contribution is 2.59. The van der Waals surface area contributed by atoms with Gasteiger partial charge in [-0.05, 0) is 31.9 Å². The van der Waals surface area contributed by atoms with Gasteiger partial charge in [0.2, 0.25) is 0 Å².